The van der Waals surface area contributed by atoms with Crippen LogP contribution >= 0.6 is 0 Å². The van der Waals surface area contributed by atoms with Crippen LogP contribution in [0.4, 0.5) is 0 Å². The van der Waals surface area contributed by atoms with E-state index in [2.05, 4.69) is 10.6 Å². The predicted molar refractivity (Wildman–Crippen MR) is 65.2 cm³/mol. The SMILES string of the molecule is O=C(NCC[C@@H]1CCCCN1)C1CCCC1. The van der Waals surface area contributed by atoms with Crippen LogP contribution < -0.4 is 10.6 Å². The lowest BCUT2D eigenvalue weighted by Gasteiger charge is -2.23. The summed E-state index contributed by atoms with van der Waals surface area (Å²) in [6.07, 6.45) is 9.71. The van der Waals surface area contributed by atoms with Crippen LogP contribution in [0.1, 0.15) is 51.4 Å². The minimum atomic E-state index is 0.299. The van der Waals surface area contributed by atoms with Gasteiger partial charge in [0.15, 0.2) is 0 Å². The van der Waals surface area contributed by atoms with E-state index in [0.29, 0.717) is 17.9 Å². The molecule has 0 aromatic rings. The van der Waals surface area contributed by atoms with Gasteiger partial charge >= 0.3 is 0 Å². The highest BCUT2D eigenvalue weighted by Gasteiger charge is 2.22. The highest BCUT2D eigenvalue weighted by Crippen LogP contribution is 2.24. The summed E-state index contributed by atoms with van der Waals surface area (Å²) in [5.74, 6) is 0.618. The average Bonchev–Trinajstić information content (AvgIpc) is 2.84. The van der Waals surface area contributed by atoms with E-state index in [-0.39, 0.29) is 0 Å². The zero-order valence-corrected chi connectivity index (χ0v) is 10.1. The van der Waals surface area contributed by atoms with Crippen molar-refractivity contribution in [2.75, 3.05) is 13.1 Å². The first-order valence-corrected chi connectivity index (χ1v) is 6.87. The van der Waals surface area contributed by atoms with Crippen molar-refractivity contribution in [3.8, 4) is 0 Å². The molecule has 1 aliphatic heterocycles. The van der Waals surface area contributed by atoms with Gasteiger partial charge in [-0.15, -0.1) is 0 Å². The lowest BCUT2D eigenvalue weighted by molar-refractivity contribution is -0.124. The lowest BCUT2D eigenvalue weighted by Crippen LogP contribution is -2.38. The fraction of sp³-hybridized carbons (Fsp3) is 0.923. The van der Waals surface area contributed by atoms with Gasteiger partial charge in [0.25, 0.3) is 0 Å². The van der Waals surface area contributed by atoms with Crippen molar-refractivity contribution in [2.24, 2.45) is 5.92 Å². The molecule has 92 valence electrons. The van der Waals surface area contributed by atoms with Crippen LogP contribution in [0.15, 0.2) is 0 Å². The smallest absolute Gasteiger partial charge is 0.223 e. The molecule has 0 aromatic carbocycles. The first-order chi connectivity index (χ1) is 7.86. The Hall–Kier alpha value is -0.570. The highest BCUT2D eigenvalue weighted by molar-refractivity contribution is 5.78. The maximum absolute atomic E-state index is 11.8. The standard InChI is InChI=1S/C13H24N2O/c16-13(11-5-1-2-6-11)15-10-8-12-7-3-4-9-14-12/h11-12,14H,1-10H2,(H,15,16)/t12-/m0/s1. The van der Waals surface area contributed by atoms with Crippen LogP contribution in [0.5, 0.6) is 0 Å². The van der Waals surface area contributed by atoms with Gasteiger partial charge in [-0.3, -0.25) is 4.79 Å². The highest BCUT2D eigenvalue weighted by atomic mass is 16.1. The molecular weight excluding hydrogens is 200 g/mol. The molecule has 1 amide bonds. The number of carbonyl (C=O) groups is 1. The van der Waals surface area contributed by atoms with Crippen LogP contribution in [-0.4, -0.2) is 25.0 Å². The summed E-state index contributed by atoms with van der Waals surface area (Å²) < 4.78 is 0. The summed E-state index contributed by atoms with van der Waals surface area (Å²) in [6, 6.07) is 0.637. The summed E-state index contributed by atoms with van der Waals surface area (Å²) in [5, 5.41) is 6.60. The maximum Gasteiger partial charge on any atom is 0.223 e. The Balaban J connectivity index is 1.57. The van der Waals surface area contributed by atoms with Crippen molar-refractivity contribution in [3.05, 3.63) is 0 Å². The van der Waals surface area contributed by atoms with Crippen LogP contribution in [0.2, 0.25) is 0 Å². The van der Waals surface area contributed by atoms with Gasteiger partial charge in [0.05, 0.1) is 0 Å². The number of hydrogen-bond donors (Lipinski definition) is 2. The summed E-state index contributed by atoms with van der Waals surface area (Å²) in [5.41, 5.74) is 0. The molecule has 2 rings (SSSR count). The third-order valence-electron chi connectivity index (χ3n) is 3.93. The summed E-state index contributed by atoms with van der Waals surface area (Å²) in [7, 11) is 0. The topological polar surface area (TPSA) is 41.1 Å². The molecule has 1 saturated heterocycles. The molecule has 0 unspecified atom stereocenters. The van der Waals surface area contributed by atoms with E-state index in [1.54, 1.807) is 0 Å². The van der Waals surface area contributed by atoms with E-state index in [1.165, 1.54) is 32.1 Å². The van der Waals surface area contributed by atoms with Gasteiger partial charge in [0.2, 0.25) is 5.91 Å². The van der Waals surface area contributed by atoms with E-state index in [0.717, 1.165) is 32.4 Å². The van der Waals surface area contributed by atoms with Gasteiger partial charge in [-0.2, -0.15) is 0 Å². The van der Waals surface area contributed by atoms with Gasteiger partial charge in [0, 0.05) is 18.5 Å². The molecule has 1 heterocycles. The molecule has 1 atom stereocenters. The molecule has 2 N–H and O–H groups in total. The Morgan fingerprint density at radius 1 is 1.12 bits per heavy atom. The van der Waals surface area contributed by atoms with E-state index in [9.17, 15) is 4.79 Å². The second-order valence-electron chi connectivity index (χ2n) is 5.21. The third-order valence-corrected chi connectivity index (χ3v) is 3.93. The lowest BCUT2D eigenvalue weighted by atomic mass is 10.0. The van der Waals surface area contributed by atoms with E-state index in [4.69, 9.17) is 0 Å². The number of hydrogen-bond acceptors (Lipinski definition) is 2. The second kappa shape index (κ2) is 6.24. The Bertz CT molecular complexity index is 218. The van der Waals surface area contributed by atoms with E-state index >= 15 is 0 Å². The van der Waals surface area contributed by atoms with Gasteiger partial charge in [0.1, 0.15) is 0 Å². The predicted octanol–water partition coefficient (Wildman–Crippen LogP) is 1.82. The fourth-order valence-corrected chi connectivity index (χ4v) is 2.87. The van der Waals surface area contributed by atoms with Crippen molar-refractivity contribution < 1.29 is 4.79 Å². The number of nitrogens with one attached hydrogen (secondary N) is 2. The summed E-state index contributed by atoms with van der Waals surface area (Å²) >= 11 is 0. The minimum Gasteiger partial charge on any atom is -0.356 e. The van der Waals surface area contributed by atoms with Gasteiger partial charge in [-0.25, -0.2) is 0 Å². The first kappa shape index (κ1) is 11.9. The number of amides is 1. The number of rotatable bonds is 4. The monoisotopic (exact) mass is 224 g/mol. The average molecular weight is 224 g/mol. The minimum absolute atomic E-state index is 0.299. The van der Waals surface area contributed by atoms with E-state index in [1.807, 2.05) is 0 Å². The quantitative estimate of drug-likeness (QED) is 0.765. The molecule has 2 fully saturated rings. The Labute approximate surface area is 98.4 Å². The molecule has 1 aliphatic carbocycles. The molecule has 0 aromatic heterocycles. The molecular formula is C13H24N2O. The van der Waals surface area contributed by atoms with Crippen molar-refractivity contribution >= 4 is 5.91 Å². The van der Waals surface area contributed by atoms with Crippen molar-refractivity contribution in [1.82, 2.24) is 10.6 Å². The zero-order valence-electron chi connectivity index (χ0n) is 10.1. The van der Waals surface area contributed by atoms with E-state index < -0.39 is 0 Å². The van der Waals surface area contributed by atoms with Gasteiger partial charge in [-0.05, 0) is 38.6 Å². The van der Waals surface area contributed by atoms with Crippen LogP contribution in [0.25, 0.3) is 0 Å². The molecule has 3 heteroatoms. The van der Waals surface area contributed by atoms with Crippen molar-refractivity contribution in [2.45, 2.75) is 57.4 Å². The number of carbonyl (C=O) groups excluding carboxylic acids is 1. The molecule has 16 heavy (non-hydrogen) atoms. The van der Waals surface area contributed by atoms with Crippen molar-refractivity contribution in [1.29, 1.82) is 0 Å². The zero-order chi connectivity index (χ0) is 11.2. The Morgan fingerprint density at radius 3 is 2.56 bits per heavy atom. The summed E-state index contributed by atoms with van der Waals surface area (Å²) in [6.45, 7) is 2.01. The first-order valence-electron chi connectivity index (χ1n) is 6.87. The molecule has 0 spiro atoms. The second-order valence-corrected chi connectivity index (χ2v) is 5.21. The molecule has 3 nitrogen and oxygen atoms in total. The van der Waals surface area contributed by atoms with Gasteiger partial charge < -0.3 is 10.6 Å². The van der Waals surface area contributed by atoms with Crippen LogP contribution in [-0.2, 0) is 4.79 Å². The molecule has 0 bridgehead atoms. The Kier molecular flexibility index (Phi) is 4.64. The normalized spacial score (nSPS) is 26.9. The Morgan fingerprint density at radius 2 is 1.88 bits per heavy atom. The summed E-state index contributed by atoms with van der Waals surface area (Å²) in [4.78, 5) is 11.8. The van der Waals surface area contributed by atoms with Crippen molar-refractivity contribution in [3.63, 3.8) is 0 Å². The van der Waals surface area contributed by atoms with Gasteiger partial charge in [-0.1, -0.05) is 19.3 Å². The molecule has 2 aliphatic rings. The van der Waals surface area contributed by atoms with Crippen LogP contribution in [0, 0.1) is 5.92 Å². The molecule has 1 saturated carbocycles. The molecule has 0 radical (unpaired) electrons. The number of piperidine rings is 1. The largest absolute Gasteiger partial charge is 0.356 e. The van der Waals surface area contributed by atoms with Crippen LogP contribution in [0.3, 0.4) is 0 Å². The third kappa shape index (κ3) is 3.48. The fourth-order valence-electron chi connectivity index (χ4n) is 2.87. The maximum atomic E-state index is 11.8.